The fourth-order valence-electron chi connectivity index (χ4n) is 3.44. The van der Waals surface area contributed by atoms with Crippen LogP contribution in [-0.2, 0) is 0 Å². The van der Waals surface area contributed by atoms with Crippen molar-refractivity contribution >= 4 is 17.3 Å². The van der Waals surface area contributed by atoms with E-state index in [-0.39, 0.29) is 5.91 Å². The lowest BCUT2D eigenvalue weighted by atomic mass is 10.2. The van der Waals surface area contributed by atoms with E-state index < -0.39 is 0 Å². The number of anilines is 2. The summed E-state index contributed by atoms with van der Waals surface area (Å²) >= 11 is 0. The van der Waals surface area contributed by atoms with Gasteiger partial charge in [0, 0.05) is 37.2 Å². The van der Waals surface area contributed by atoms with Crippen LogP contribution in [0.5, 0.6) is 0 Å². The molecule has 1 fully saturated rings. The monoisotopic (exact) mass is 337 g/mol. The van der Waals surface area contributed by atoms with Gasteiger partial charge in [0.2, 0.25) is 0 Å². The van der Waals surface area contributed by atoms with Crippen LogP contribution < -0.4 is 9.80 Å². The van der Waals surface area contributed by atoms with Crippen molar-refractivity contribution in [3.63, 3.8) is 0 Å². The van der Waals surface area contributed by atoms with Gasteiger partial charge in [-0.1, -0.05) is 25.0 Å². The predicted molar refractivity (Wildman–Crippen MR) is 103 cm³/mol. The largest absolute Gasteiger partial charge is 0.371 e. The first kappa shape index (κ1) is 17.5. The molecule has 0 bridgehead atoms. The van der Waals surface area contributed by atoms with Crippen molar-refractivity contribution in [3.8, 4) is 0 Å². The molecule has 1 aromatic carbocycles. The summed E-state index contributed by atoms with van der Waals surface area (Å²) in [7, 11) is 0. The van der Waals surface area contributed by atoms with Crippen molar-refractivity contribution in [1.29, 1.82) is 0 Å². The van der Waals surface area contributed by atoms with Crippen molar-refractivity contribution in [2.24, 2.45) is 0 Å². The molecule has 1 aliphatic rings. The Labute approximate surface area is 150 Å². The van der Waals surface area contributed by atoms with E-state index in [1.807, 2.05) is 50.2 Å². The van der Waals surface area contributed by atoms with Crippen molar-refractivity contribution in [2.45, 2.75) is 39.5 Å². The summed E-state index contributed by atoms with van der Waals surface area (Å²) in [5.41, 5.74) is 3.70. The lowest BCUT2D eigenvalue weighted by molar-refractivity contribution is 0.0983. The molecule has 4 heteroatoms. The molecule has 0 spiro atoms. The number of hydrogen-bond acceptors (Lipinski definition) is 3. The second-order valence-corrected chi connectivity index (χ2v) is 6.69. The minimum absolute atomic E-state index is 0.0372. The molecular weight excluding hydrogens is 310 g/mol. The van der Waals surface area contributed by atoms with E-state index in [0.717, 1.165) is 30.0 Å². The number of nitrogens with zero attached hydrogens (tertiary/aromatic N) is 3. The second-order valence-electron chi connectivity index (χ2n) is 6.69. The fraction of sp³-hybridized carbons (Fsp3) is 0.429. The molecule has 2 heterocycles. The number of aryl methyl sites for hydroxylation is 1. The van der Waals surface area contributed by atoms with Crippen LogP contribution in [0.4, 0.5) is 11.4 Å². The Balaban J connectivity index is 1.84. The number of amides is 1. The number of carbonyl (C=O) groups excluding carboxylic acids is 1. The van der Waals surface area contributed by atoms with Gasteiger partial charge in [-0.05, 0) is 56.5 Å². The van der Waals surface area contributed by atoms with Crippen LogP contribution >= 0.6 is 0 Å². The molecule has 0 radical (unpaired) electrons. The Morgan fingerprint density at radius 2 is 1.88 bits per heavy atom. The molecule has 0 atom stereocenters. The molecule has 25 heavy (non-hydrogen) atoms. The molecule has 0 N–H and O–H groups in total. The quantitative estimate of drug-likeness (QED) is 0.828. The summed E-state index contributed by atoms with van der Waals surface area (Å²) in [6.07, 6.45) is 6.79. The number of benzene rings is 1. The van der Waals surface area contributed by atoms with Gasteiger partial charge in [0.15, 0.2) is 0 Å². The van der Waals surface area contributed by atoms with Gasteiger partial charge in [-0.2, -0.15) is 0 Å². The Kier molecular flexibility index (Phi) is 5.69. The topological polar surface area (TPSA) is 36.4 Å². The average Bonchev–Trinajstić information content (AvgIpc) is 2.92. The minimum Gasteiger partial charge on any atom is -0.371 e. The molecule has 1 saturated heterocycles. The van der Waals surface area contributed by atoms with Crippen LogP contribution in [0.25, 0.3) is 0 Å². The van der Waals surface area contributed by atoms with Gasteiger partial charge in [-0.25, -0.2) is 0 Å². The maximum absolute atomic E-state index is 13.0. The maximum atomic E-state index is 13.0. The molecule has 0 saturated carbocycles. The zero-order valence-electron chi connectivity index (χ0n) is 15.2. The molecular formula is C21H27N3O. The maximum Gasteiger partial charge on any atom is 0.276 e. The Bertz CT molecular complexity index is 721. The summed E-state index contributed by atoms with van der Waals surface area (Å²) in [6, 6.07) is 12.0. The molecule has 1 amide bonds. The van der Waals surface area contributed by atoms with Crippen LogP contribution in [0.2, 0.25) is 0 Å². The lowest BCUT2D eigenvalue weighted by Crippen LogP contribution is -2.32. The molecule has 1 aliphatic heterocycles. The third kappa shape index (κ3) is 4.19. The first-order valence-electron chi connectivity index (χ1n) is 9.28. The third-order valence-electron chi connectivity index (χ3n) is 4.81. The Morgan fingerprint density at radius 3 is 2.56 bits per heavy atom. The van der Waals surface area contributed by atoms with Gasteiger partial charge in [-0.15, -0.1) is 0 Å². The molecule has 3 rings (SSSR count). The number of pyridine rings is 1. The Morgan fingerprint density at radius 1 is 1.12 bits per heavy atom. The molecule has 0 unspecified atom stereocenters. The predicted octanol–water partition coefficient (Wildman–Crippen LogP) is 4.44. The van der Waals surface area contributed by atoms with Gasteiger partial charge >= 0.3 is 0 Å². The number of aromatic nitrogens is 1. The zero-order valence-corrected chi connectivity index (χ0v) is 15.2. The summed E-state index contributed by atoms with van der Waals surface area (Å²) in [6.45, 7) is 6.79. The van der Waals surface area contributed by atoms with E-state index in [0.29, 0.717) is 12.2 Å². The SMILES string of the molecule is CCN(C(=O)c1cc(N2CCCCCC2)ccn1)c1cccc(C)c1. The third-order valence-corrected chi connectivity index (χ3v) is 4.81. The van der Waals surface area contributed by atoms with E-state index in [2.05, 4.69) is 9.88 Å². The highest BCUT2D eigenvalue weighted by Gasteiger charge is 2.19. The Hall–Kier alpha value is -2.36. The van der Waals surface area contributed by atoms with Gasteiger partial charge < -0.3 is 9.80 Å². The zero-order chi connectivity index (χ0) is 17.6. The van der Waals surface area contributed by atoms with Crippen LogP contribution in [0.3, 0.4) is 0 Å². The van der Waals surface area contributed by atoms with Gasteiger partial charge in [0.25, 0.3) is 5.91 Å². The van der Waals surface area contributed by atoms with Crippen LogP contribution in [0.15, 0.2) is 42.6 Å². The van der Waals surface area contributed by atoms with E-state index in [1.165, 1.54) is 25.7 Å². The van der Waals surface area contributed by atoms with E-state index >= 15 is 0 Å². The standard InChI is InChI=1S/C21H27N3O/c1-3-24(19-10-8-9-17(2)15-19)21(25)20-16-18(11-12-22-20)23-13-6-4-5-7-14-23/h8-12,15-16H,3-7,13-14H2,1-2H3. The smallest absolute Gasteiger partial charge is 0.276 e. The second kappa shape index (κ2) is 8.15. The summed E-state index contributed by atoms with van der Waals surface area (Å²) in [4.78, 5) is 21.6. The van der Waals surface area contributed by atoms with Crippen LogP contribution in [0.1, 0.15) is 48.7 Å². The molecule has 2 aromatic rings. The lowest BCUT2D eigenvalue weighted by Gasteiger charge is -2.24. The number of hydrogen-bond donors (Lipinski definition) is 0. The molecule has 132 valence electrons. The summed E-state index contributed by atoms with van der Waals surface area (Å²) < 4.78 is 0. The van der Waals surface area contributed by atoms with Crippen molar-refractivity contribution in [1.82, 2.24) is 4.98 Å². The highest BCUT2D eigenvalue weighted by molar-refractivity contribution is 6.05. The van der Waals surface area contributed by atoms with Gasteiger partial charge in [0.05, 0.1) is 0 Å². The van der Waals surface area contributed by atoms with Gasteiger partial charge in [0.1, 0.15) is 5.69 Å². The molecule has 1 aromatic heterocycles. The average molecular weight is 337 g/mol. The van der Waals surface area contributed by atoms with Crippen LogP contribution in [0, 0.1) is 6.92 Å². The van der Waals surface area contributed by atoms with Crippen molar-refractivity contribution in [3.05, 3.63) is 53.9 Å². The minimum atomic E-state index is -0.0372. The highest BCUT2D eigenvalue weighted by atomic mass is 16.2. The molecule has 4 nitrogen and oxygen atoms in total. The number of carbonyl (C=O) groups is 1. The van der Waals surface area contributed by atoms with E-state index in [9.17, 15) is 4.79 Å². The van der Waals surface area contributed by atoms with E-state index in [1.54, 1.807) is 11.1 Å². The normalized spacial score (nSPS) is 14.9. The highest BCUT2D eigenvalue weighted by Crippen LogP contribution is 2.22. The van der Waals surface area contributed by atoms with Crippen LogP contribution in [-0.4, -0.2) is 30.5 Å². The number of rotatable bonds is 4. The first-order chi connectivity index (χ1) is 12.2. The van der Waals surface area contributed by atoms with E-state index in [4.69, 9.17) is 0 Å². The van der Waals surface area contributed by atoms with Crippen molar-refractivity contribution in [2.75, 3.05) is 29.4 Å². The summed E-state index contributed by atoms with van der Waals surface area (Å²) in [5.74, 6) is -0.0372. The van der Waals surface area contributed by atoms with Gasteiger partial charge in [-0.3, -0.25) is 9.78 Å². The summed E-state index contributed by atoms with van der Waals surface area (Å²) in [5, 5.41) is 0. The first-order valence-corrected chi connectivity index (χ1v) is 9.28. The molecule has 0 aliphatic carbocycles. The van der Waals surface area contributed by atoms with Crippen molar-refractivity contribution < 1.29 is 4.79 Å². The fourth-order valence-corrected chi connectivity index (χ4v) is 3.44.